The first-order chi connectivity index (χ1) is 12.7. The van der Waals surface area contributed by atoms with Crippen LogP contribution in [0.5, 0.6) is 11.5 Å². The van der Waals surface area contributed by atoms with Crippen molar-refractivity contribution in [3.05, 3.63) is 46.7 Å². The van der Waals surface area contributed by atoms with Gasteiger partial charge in [-0.25, -0.2) is 12.8 Å². The molecule has 146 valence electrons. The maximum atomic E-state index is 13.8. The maximum Gasteiger partial charge on any atom is 0.247 e. The number of amides is 1. The van der Waals surface area contributed by atoms with Crippen LogP contribution in [-0.4, -0.2) is 46.4 Å². The second-order valence-corrected chi connectivity index (χ2v) is 8.38. The van der Waals surface area contributed by atoms with Gasteiger partial charge in [-0.2, -0.15) is 4.31 Å². The first-order valence-corrected chi connectivity index (χ1v) is 9.85. The van der Waals surface area contributed by atoms with E-state index >= 15 is 0 Å². The number of benzene rings is 2. The zero-order valence-corrected chi connectivity index (χ0v) is 17.2. The fourth-order valence-electron chi connectivity index (χ4n) is 2.22. The van der Waals surface area contributed by atoms with Crippen molar-refractivity contribution in [3.63, 3.8) is 0 Å². The fraction of sp³-hybridized carbons (Fsp3) is 0.235. The number of nitrogens with zero attached hydrogens (tertiary/aromatic N) is 1. The van der Waals surface area contributed by atoms with Crippen LogP contribution < -0.4 is 14.8 Å². The van der Waals surface area contributed by atoms with Crippen LogP contribution in [0.15, 0.2) is 45.8 Å². The average Bonchev–Trinajstić information content (AvgIpc) is 2.63. The molecule has 0 fully saturated rings. The molecule has 0 aromatic heterocycles. The number of anilines is 1. The molecular weight excluding hydrogens is 443 g/mol. The number of rotatable bonds is 7. The fourth-order valence-corrected chi connectivity index (χ4v) is 3.85. The zero-order chi connectivity index (χ0) is 20.2. The largest absolute Gasteiger partial charge is 0.497 e. The Labute approximate surface area is 165 Å². The van der Waals surface area contributed by atoms with Gasteiger partial charge in [0.1, 0.15) is 22.2 Å². The number of likely N-dealkylation sites (N-methyl/N-ethyl adjacent to an activating group) is 1. The summed E-state index contributed by atoms with van der Waals surface area (Å²) in [5.74, 6) is -0.895. The maximum absolute atomic E-state index is 13.8. The van der Waals surface area contributed by atoms with Gasteiger partial charge in [-0.3, -0.25) is 4.79 Å². The minimum absolute atomic E-state index is 0.0482. The van der Waals surface area contributed by atoms with Gasteiger partial charge in [-0.15, -0.1) is 0 Å². The highest BCUT2D eigenvalue weighted by molar-refractivity contribution is 9.10. The van der Waals surface area contributed by atoms with Crippen LogP contribution >= 0.6 is 15.9 Å². The zero-order valence-electron chi connectivity index (χ0n) is 14.8. The summed E-state index contributed by atoms with van der Waals surface area (Å²) in [7, 11) is -0.0684. The van der Waals surface area contributed by atoms with E-state index in [2.05, 4.69) is 21.2 Å². The van der Waals surface area contributed by atoms with Gasteiger partial charge in [0, 0.05) is 17.6 Å². The van der Waals surface area contributed by atoms with E-state index in [0.717, 1.165) is 4.31 Å². The highest BCUT2D eigenvalue weighted by Gasteiger charge is 2.27. The van der Waals surface area contributed by atoms with Crippen LogP contribution in [0.25, 0.3) is 0 Å². The molecule has 0 spiro atoms. The van der Waals surface area contributed by atoms with Crippen LogP contribution in [0.4, 0.5) is 10.1 Å². The predicted octanol–water partition coefficient (Wildman–Crippen LogP) is 2.86. The Morgan fingerprint density at radius 3 is 2.48 bits per heavy atom. The van der Waals surface area contributed by atoms with Crippen molar-refractivity contribution >= 4 is 37.5 Å². The van der Waals surface area contributed by atoms with E-state index < -0.39 is 28.3 Å². The molecule has 0 aliphatic heterocycles. The quantitative estimate of drug-likeness (QED) is 0.686. The Bertz CT molecular complexity index is 952. The lowest BCUT2D eigenvalue weighted by molar-refractivity contribution is -0.116. The van der Waals surface area contributed by atoms with Gasteiger partial charge in [0.2, 0.25) is 15.9 Å². The molecular formula is C17H18BrFN2O5S. The van der Waals surface area contributed by atoms with E-state index in [9.17, 15) is 17.6 Å². The molecule has 0 saturated heterocycles. The molecule has 1 N–H and O–H groups in total. The minimum Gasteiger partial charge on any atom is -0.497 e. The van der Waals surface area contributed by atoms with Crippen LogP contribution in [-0.2, 0) is 14.8 Å². The Morgan fingerprint density at radius 1 is 1.19 bits per heavy atom. The number of sulfonamides is 1. The second kappa shape index (κ2) is 8.68. The molecule has 0 atom stereocenters. The van der Waals surface area contributed by atoms with E-state index in [1.807, 2.05) is 0 Å². The molecule has 0 aliphatic rings. The molecule has 2 aromatic carbocycles. The molecule has 27 heavy (non-hydrogen) atoms. The molecule has 0 unspecified atom stereocenters. The third kappa shape index (κ3) is 4.96. The van der Waals surface area contributed by atoms with Crippen molar-refractivity contribution in [2.24, 2.45) is 0 Å². The number of methoxy groups -OCH3 is 2. The molecule has 0 saturated carbocycles. The number of carbonyl (C=O) groups is 1. The topological polar surface area (TPSA) is 84.9 Å². The first-order valence-electron chi connectivity index (χ1n) is 7.62. The third-order valence-corrected chi connectivity index (χ3v) is 5.95. The molecule has 0 radical (unpaired) electrons. The third-order valence-electron chi connectivity index (χ3n) is 3.63. The lowest BCUT2D eigenvalue weighted by Crippen LogP contribution is -2.35. The Balaban J connectivity index is 2.21. The summed E-state index contributed by atoms with van der Waals surface area (Å²) in [4.78, 5) is 12.0. The molecule has 7 nitrogen and oxygen atoms in total. The van der Waals surface area contributed by atoms with Gasteiger partial charge in [0.25, 0.3) is 0 Å². The van der Waals surface area contributed by atoms with Crippen LogP contribution in [0.2, 0.25) is 0 Å². The van der Waals surface area contributed by atoms with Gasteiger partial charge in [-0.05, 0) is 30.3 Å². The number of hydrogen-bond acceptors (Lipinski definition) is 5. The highest BCUT2D eigenvalue weighted by atomic mass is 79.9. The van der Waals surface area contributed by atoms with E-state index in [0.29, 0.717) is 10.2 Å². The summed E-state index contributed by atoms with van der Waals surface area (Å²) >= 11 is 3.12. The molecule has 10 heteroatoms. The molecule has 2 rings (SSSR count). The highest BCUT2D eigenvalue weighted by Crippen LogP contribution is 2.30. The smallest absolute Gasteiger partial charge is 0.247 e. The molecule has 0 aliphatic carbocycles. The normalized spacial score (nSPS) is 11.3. The predicted molar refractivity (Wildman–Crippen MR) is 102 cm³/mol. The lowest BCUT2D eigenvalue weighted by atomic mass is 10.3. The summed E-state index contributed by atoms with van der Waals surface area (Å²) in [5.41, 5.74) is -0.0482. The van der Waals surface area contributed by atoms with Crippen molar-refractivity contribution < 1.29 is 27.1 Å². The molecule has 0 bridgehead atoms. The Morgan fingerprint density at radius 2 is 1.89 bits per heavy atom. The molecule has 0 heterocycles. The SMILES string of the molecule is COc1ccc(OC)c(S(=O)(=O)N(C)CC(=O)Nc2ccc(Br)cc2F)c1. The number of ether oxygens (including phenoxy) is 2. The van der Waals surface area contributed by atoms with E-state index in [1.54, 1.807) is 12.1 Å². The average molecular weight is 461 g/mol. The van der Waals surface area contributed by atoms with Gasteiger partial charge in [0.05, 0.1) is 26.5 Å². The Kier molecular flexibility index (Phi) is 6.79. The van der Waals surface area contributed by atoms with Crippen molar-refractivity contribution in [1.82, 2.24) is 4.31 Å². The van der Waals surface area contributed by atoms with Gasteiger partial charge in [0.15, 0.2) is 0 Å². The van der Waals surface area contributed by atoms with Crippen molar-refractivity contribution in [1.29, 1.82) is 0 Å². The molecule has 1 amide bonds. The van der Waals surface area contributed by atoms with Gasteiger partial charge < -0.3 is 14.8 Å². The van der Waals surface area contributed by atoms with Crippen LogP contribution in [0.1, 0.15) is 0 Å². The van der Waals surface area contributed by atoms with Crippen LogP contribution in [0, 0.1) is 5.82 Å². The van der Waals surface area contributed by atoms with Crippen molar-refractivity contribution in [2.45, 2.75) is 4.90 Å². The van der Waals surface area contributed by atoms with Gasteiger partial charge in [-0.1, -0.05) is 15.9 Å². The molecule has 2 aromatic rings. The summed E-state index contributed by atoms with van der Waals surface area (Å²) in [6.45, 7) is -0.516. The second-order valence-electron chi connectivity index (χ2n) is 5.45. The number of hydrogen-bond donors (Lipinski definition) is 1. The number of carbonyl (C=O) groups excluding carboxylic acids is 1. The lowest BCUT2D eigenvalue weighted by Gasteiger charge is -2.19. The summed E-state index contributed by atoms with van der Waals surface area (Å²) < 4.78 is 50.9. The van der Waals surface area contributed by atoms with E-state index in [1.165, 1.54) is 45.5 Å². The van der Waals surface area contributed by atoms with E-state index in [-0.39, 0.29) is 16.3 Å². The summed E-state index contributed by atoms with van der Waals surface area (Å²) in [5, 5.41) is 2.35. The van der Waals surface area contributed by atoms with Crippen LogP contribution in [0.3, 0.4) is 0 Å². The standard InChI is InChI=1S/C17H18BrFN2O5S/c1-21(10-17(22)20-14-6-4-11(18)8-13(14)19)27(23,24)16-9-12(25-2)5-7-15(16)26-3/h4-9H,10H2,1-3H3,(H,20,22). The van der Waals surface area contributed by atoms with Crippen molar-refractivity contribution in [3.8, 4) is 11.5 Å². The van der Waals surface area contributed by atoms with Crippen molar-refractivity contribution in [2.75, 3.05) is 33.1 Å². The number of halogens is 2. The Hall–Kier alpha value is -2.17. The monoisotopic (exact) mass is 460 g/mol. The number of nitrogens with one attached hydrogen (secondary N) is 1. The first kappa shape index (κ1) is 21.1. The van der Waals surface area contributed by atoms with Gasteiger partial charge >= 0.3 is 0 Å². The summed E-state index contributed by atoms with van der Waals surface area (Å²) in [6.07, 6.45) is 0. The summed E-state index contributed by atoms with van der Waals surface area (Å²) in [6, 6.07) is 8.43. The van der Waals surface area contributed by atoms with E-state index in [4.69, 9.17) is 9.47 Å². The minimum atomic E-state index is -4.05.